The van der Waals surface area contributed by atoms with E-state index < -0.39 is 23.9 Å². The summed E-state index contributed by atoms with van der Waals surface area (Å²) in [6.07, 6.45) is 1.02. The molecule has 2 heterocycles. The lowest BCUT2D eigenvalue weighted by atomic mass is 10.0. The monoisotopic (exact) mass is 515 g/mol. The van der Waals surface area contributed by atoms with Gasteiger partial charge in [-0.1, -0.05) is 26.0 Å². The molecule has 37 heavy (non-hydrogen) atoms. The van der Waals surface area contributed by atoms with Crippen molar-refractivity contribution in [2.75, 3.05) is 52.9 Å². The highest BCUT2D eigenvalue weighted by atomic mass is 16.5. The van der Waals surface area contributed by atoms with Crippen LogP contribution in [-0.2, 0) is 14.4 Å². The zero-order valence-electron chi connectivity index (χ0n) is 22.5. The van der Waals surface area contributed by atoms with E-state index in [0.29, 0.717) is 44.9 Å². The quantitative estimate of drug-likeness (QED) is 0.622. The van der Waals surface area contributed by atoms with Crippen LogP contribution >= 0.6 is 0 Å². The Bertz CT molecular complexity index is 968. The van der Waals surface area contributed by atoms with Crippen molar-refractivity contribution >= 4 is 23.6 Å². The number of carbonyl (C=O) groups is 4. The molecule has 2 aliphatic rings. The van der Waals surface area contributed by atoms with Crippen molar-refractivity contribution in [1.29, 1.82) is 0 Å². The van der Waals surface area contributed by atoms with Crippen LogP contribution in [0.25, 0.3) is 0 Å². The second-order valence-electron chi connectivity index (χ2n) is 10.2. The maximum absolute atomic E-state index is 13.6. The molecule has 0 saturated carbocycles. The molecule has 2 aliphatic heterocycles. The van der Waals surface area contributed by atoms with Gasteiger partial charge in [0.15, 0.2) is 0 Å². The van der Waals surface area contributed by atoms with Crippen LogP contribution in [0.2, 0.25) is 0 Å². The molecule has 204 valence electrons. The molecular weight excluding hydrogens is 474 g/mol. The second kappa shape index (κ2) is 13.4. The molecule has 10 nitrogen and oxygen atoms in total. The van der Waals surface area contributed by atoms with Gasteiger partial charge in [0.1, 0.15) is 24.4 Å². The van der Waals surface area contributed by atoms with Crippen LogP contribution in [0.15, 0.2) is 24.3 Å². The molecule has 4 amide bonds. The minimum absolute atomic E-state index is 0.168. The summed E-state index contributed by atoms with van der Waals surface area (Å²) in [7, 11) is 2.01. The molecule has 10 heteroatoms. The van der Waals surface area contributed by atoms with Crippen molar-refractivity contribution in [1.82, 2.24) is 25.3 Å². The van der Waals surface area contributed by atoms with Crippen LogP contribution < -0.4 is 15.4 Å². The Balaban J connectivity index is 1.93. The van der Waals surface area contributed by atoms with Crippen LogP contribution in [-0.4, -0.2) is 103 Å². The minimum atomic E-state index is -1.07. The molecule has 0 unspecified atom stereocenters. The molecule has 2 N–H and O–H groups in total. The van der Waals surface area contributed by atoms with Gasteiger partial charge < -0.3 is 30.1 Å². The number of amides is 4. The van der Waals surface area contributed by atoms with E-state index in [2.05, 4.69) is 15.5 Å². The van der Waals surface area contributed by atoms with Crippen molar-refractivity contribution in [3.05, 3.63) is 29.8 Å². The smallest absolute Gasteiger partial charge is 0.255 e. The van der Waals surface area contributed by atoms with Crippen molar-refractivity contribution in [2.24, 2.45) is 5.92 Å². The Hall–Kier alpha value is -3.14. The van der Waals surface area contributed by atoms with Gasteiger partial charge in [-0.15, -0.1) is 0 Å². The first kappa shape index (κ1) is 28.4. The maximum atomic E-state index is 13.6. The summed E-state index contributed by atoms with van der Waals surface area (Å²) in [4.78, 5) is 59.0. The topological polar surface area (TPSA) is 111 Å². The lowest BCUT2D eigenvalue weighted by Gasteiger charge is -2.30. The number of carbonyl (C=O) groups excluding carboxylic acids is 4. The van der Waals surface area contributed by atoms with Gasteiger partial charge in [-0.2, -0.15) is 0 Å². The first-order valence-corrected chi connectivity index (χ1v) is 13.3. The number of fused-ring (bicyclic) bond motifs is 1. The molecule has 0 aliphatic carbocycles. The summed E-state index contributed by atoms with van der Waals surface area (Å²) >= 11 is 0. The molecule has 1 fully saturated rings. The summed E-state index contributed by atoms with van der Waals surface area (Å²) in [5, 5.41) is 5.65. The number of benzene rings is 1. The average Bonchev–Trinajstić information content (AvgIpc) is 3.08. The normalized spacial score (nSPS) is 22.9. The predicted octanol–water partition coefficient (Wildman–Crippen LogP) is 1.11. The fraction of sp³-hybridized carbons (Fsp3) is 0.630. The molecule has 1 aromatic carbocycles. The SMILES string of the molecule is CCN1CCOc2ccccc2C(=O)N[C@H](C(=O)N2CCCN(C)CC2)CC(=O)N[C@@H](CC(C)C)C1=O. The van der Waals surface area contributed by atoms with Crippen molar-refractivity contribution in [3.63, 3.8) is 0 Å². The highest BCUT2D eigenvalue weighted by Crippen LogP contribution is 2.19. The number of para-hydroxylation sites is 1. The third-order valence-corrected chi connectivity index (χ3v) is 6.81. The number of likely N-dealkylation sites (N-methyl/N-ethyl adjacent to an activating group) is 2. The highest BCUT2D eigenvalue weighted by molar-refractivity contribution is 6.01. The Morgan fingerprint density at radius 3 is 2.54 bits per heavy atom. The van der Waals surface area contributed by atoms with Gasteiger partial charge in [-0.05, 0) is 51.4 Å². The fourth-order valence-corrected chi connectivity index (χ4v) is 4.75. The van der Waals surface area contributed by atoms with E-state index in [1.165, 1.54) is 0 Å². The largest absolute Gasteiger partial charge is 0.491 e. The summed E-state index contributed by atoms with van der Waals surface area (Å²) in [6.45, 7) is 9.49. The highest BCUT2D eigenvalue weighted by Gasteiger charge is 2.33. The Morgan fingerprint density at radius 2 is 1.81 bits per heavy atom. The molecule has 1 aromatic rings. The van der Waals surface area contributed by atoms with Gasteiger partial charge >= 0.3 is 0 Å². The molecule has 3 rings (SSSR count). The minimum Gasteiger partial charge on any atom is -0.491 e. The zero-order valence-corrected chi connectivity index (χ0v) is 22.5. The predicted molar refractivity (Wildman–Crippen MR) is 140 cm³/mol. The Kier molecular flexibility index (Phi) is 10.3. The van der Waals surface area contributed by atoms with Gasteiger partial charge in [0.25, 0.3) is 5.91 Å². The summed E-state index contributed by atoms with van der Waals surface area (Å²) in [5.41, 5.74) is 0.278. The molecule has 0 radical (unpaired) electrons. The Morgan fingerprint density at radius 1 is 1.05 bits per heavy atom. The zero-order chi connectivity index (χ0) is 26.9. The van der Waals surface area contributed by atoms with E-state index in [4.69, 9.17) is 4.74 Å². The van der Waals surface area contributed by atoms with Crippen LogP contribution in [0, 0.1) is 5.92 Å². The molecule has 0 bridgehead atoms. The summed E-state index contributed by atoms with van der Waals surface area (Å²) in [6, 6.07) is 5.01. The third kappa shape index (κ3) is 7.92. The molecular formula is C27H41N5O5. The van der Waals surface area contributed by atoms with E-state index >= 15 is 0 Å². The lowest BCUT2D eigenvalue weighted by molar-refractivity contribution is -0.138. The number of hydrogen-bond donors (Lipinski definition) is 2. The van der Waals surface area contributed by atoms with E-state index in [1.54, 1.807) is 34.1 Å². The van der Waals surface area contributed by atoms with Crippen LogP contribution in [0.5, 0.6) is 5.75 Å². The molecule has 2 atom stereocenters. The van der Waals surface area contributed by atoms with E-state index in [0.717, 1.165) is 13.0 Å². The first-order chi connectivity index (χ1) is 17.7. The van der Waals surface area contributed by atoms with Crippen LogP contribution in [0.4, 0.5) is 0 Å². The second-order valence-corrected chi connectivity index (χ2v) is 10.2. The van der Waals surface area contributed by atoms with E-state index in [1.807, 2.05) is 27.8 Å². The number of nitrogens with one attached hydrogen (secondary N) is 2. The van der Waals surface area contributed by atoms with Crippen LogP contribution in [0.1, 0.15) is 50.4 Å². The maximum Gasteiger partial charge on any atom is 0.255 e. The number of rotatable bonds is 4. The summed E-state index contributed by atoms with van der Waals surface area (Å²) < 4.78 is 5.92. The van der Waals surface area contributed by atoms with E-state index in [9.17, 15) is 19.2 Å². The standard InChI is InChI=1S/C27H41N5O5/c1-5-31-15-16-37-23-10-7-6-9-20(23)25(34)29-22(27(36)32-12-8-11-30(4)13-14-32)18-24(33)28-21(26(31)35)17-19(2)3/h6-7,9-10,19,21-22H,5,8,11-18H2,1-4H3,(H,28,33)(H,29,34)/t21-,22-/m0/s1. The van der Waals surface area contributed by atoms with Crippen LogP contribution in [0.3, 0.4) is 0 Å². The first-order valence-electron chi connectivity index (χ1n) is 13.3. The van der Waals surface area contributed by atoms with Gasteiger partial charge in [0, 0.05) is 26.2 Å². The number of hydrogen-bond acceptors (Lipinski definition) is 6. The van der Waals surface area contributed by atoms with Crippen molar-refractivity contribution in [3.8, 4) is 5.75 Å². The molecule has 0 spiro atoms. The van der Waals surface area contributed by atoms with Gasteiger partial charge in [0.05, 0.1) is 18.5 Å². The van der Waals surface area contributed by atoms with Crippen molar-refractivity contribution < 1.29 is 23.9 Å². The number of ether oxygens (including phenoxy) is 1. The lowest BCUT2D eigenvalue weighted by Crippen LogP contribution is -2.54. The van der Waals surface area contributed by atoms with Gasteiger partial charge in [-0.3, -0.25) is 19.2 Å². The van der Waals surface area contributed by atoms with Gasteiger partial charge in [0.2, 0.25) is 17.7 Å². The fourth-order valence-electron chi connectivity index (χ4n) is 4.75. The molecule has 1 saturated heterocycles. The van der Waals surface area contributed by atoms with Crippen molar-refractivity contribution in [2.45, 2.75) is 52.1 Å². The molecule has 0 aromatic heterocycles. The third-order valence-electron chi connectivity index (χ3n) is 6.81. The van der Waals surface area contributed by atoms with E-state index in [-0.39, 0.29) is 36.3 Å². The number of nitrogens with zero attached hydrogens (tertiary/aromatic N) is 3. The van der Waals surface area contributed by atoms with Gasteiger partial charge in [-0.25, -0.2) is 0 Å². The average molecular weight is 516 g/mol. The Labute approximate surface area is 219 Å². The summed E-state index contributed by atoms with van der Waals surface area (Å²) in [5.74, 6) is -0.866.